The lowest BCUT2D eigenvalue weighted by Crippen LogP contribution is -1.79. The molecule has 0 radical (unpaired) electrons. The molecule has 1 nitrogen and oxygen atoms in total. The molecule has 0 bridgehead atoms. The van der Waals surface area contributed by atoms with Crippen LogP contribution in [0.3, 0.4) is 0 Å². The summed E-state index contributed by atoms with van der Waals surface area (Å²) >= 11 is 0. The molecule has 0 aliphatic rings. The smallest absolute Gasteiger partial charge is 0.0856 e. The van der Waals surface area contributed by atoms with E-state index in [1.54, 1.807) is 13.4 Å². The first-order chi connectivity index (χ1) is 4.22. The van der Waals surface area contributed by atoms with E-state index in [0.717, 1.165) is 0 Å². The van der Waals surface area contributed by atoms with Gasteiger partial charge in [0.2, 0.25) is 0 Å². The molecule has 0 aliphatic carbocycles. The van der Waals surface area contributed by atoms with E-state index in [0.29, 0.717) is 0 Å². The van der Waals surface area contributed by atoms with Crippen LogP contribution in [0.25, 0.3) is 0 Å². The van der Waals surface area contributed by atoms with Gasteiger partial charge in [-0.25, -0.2) is 0 Å². The number of rotatable bonds is 2. The Morgan fingerprint density at radius 1 is 1.22 bits per heavy atom. The maximum Gasteiger partial charge on any atom is 0.0856 e. The van der Waals surface area contributed by atoms with Crippen molar-refractivity contribution in [2.45, 2.75) is 20.8 Å². The molecule has 1 heteroatoms. The Labute approximate surface area is 57.0 Å². The third kappa shape index (κ3) is 2.96. The summed E-state index contributed by atoms with van der Waals surface area (Å²) in [5, 5.41) is 0. The third-order valence-corrected chi connectivity index (χ3v) is 1.35. The zero-order valence-electron chi connectivity index (χ0n) is 6.56. The topological polar surface area (TPSA) is 9.23 Å². The summed E-state index contributed by atoms with van der Waals surface area (Å²) in [6, 6.07) is 0. The van der Waals surface area contributed by atoms with Gasteiger partial charge >= 0.3 is 0 Å². The number of methoxy groups -OCH3 is 1. The van der Waals surface area contributed by atoms with Gasteiger partial charge in [0.1, 0.15) is 0 Å². The molecule has 0 saturated heterocycles. The van der Waals surface area contributed by atoms with Gasteiger partial charge in [-0.15, -0.1) is 0 Å². The van der Waals surface area contributed by atoms with E-state index >= 15 is 0 Å². The lowest BCUT2D eigenvalue weighted by atomic mass is 10.1. The molecule has 0 heterocycles. The minimum absolute atomic E-state index is 1.18. The lowest BCUT2D eigenvalue weighted by molar-refractivity contribution is 0.334. The van der Waals surface area contributed by atoms with E-state index in [9.17, 15) is 0 Å². The number of hydrogen-bond donors (Lipinski definition) is 0. The second-order valence-corrected chi connectivity index (χ2v) is 2.01. The van der Waals surface area contributed by atoms with E-state index in [1.165, 1.54) is 11.1 Å². The molecule has 0 amide bonds. The van der Waals surface area contributed by atoms with Crippen molar-refractivity contribution in [1.82, 2.24) is 0 Å². The van der Waals surface area contributed by atoms with E-state index in [2.05, 4.69) is 13.0 Å². The van der Waals surface area contributed by atoms with Crippen molar-refractivity contribution < 1.29 is 4.74 Å². The highest BCUT2D eigenvalue weighted by Gasteiger charge is 1.87. The Hall–Kier alpha value is -0.720. The number of hydrogen-bond acceptors (Lipinski definition) is 1. The zero-order valence-corrected chi connectivity index (χ0v) is 6.56. The van der Waals surface area contributed by atoms with Gasteiger partial charge in [-0.3, -0.25) is 0 Å². The van der Waals surface area contributed by atoms with Gasteiger partial charge in [0.25, 0.3) is 0 Å². The predicted molar refractivity (Wildman–Crippen MR) is 40.2 cm³/mol. The van der Waals surface area contributed by atoms with Gasteiger partial charge in [0.05, 0.1) is 13.4 Å². The summed E-state index contributed by atoms with van der Waals surface area (Å²) in [6.45, 7) is 6.10. The summed E-state index contributed by atoms with van der Waals surface area (Å²) in [5.41, 5.74) is 2.44. The largest absolute Gasteiger partial charge is 0.504 e. The van der Waals surface area contributed by atoms with Crippen LogP contribution >= 0.6 is 0 Å². The first-order valence-electron chi connectivity index (χ1n) is 3.05. The van der Waals surface area contributed by atoms with E-state index in [4.69, 9.17) is 4.74 Å². The summed E-state index contributed by atoms with van der Waals surface area (Å²) < 4.78 is 4.82. The highest BCUT2D eigenvalue weighted by molar-refractivity contribution is 5.24. The van der Waals surface area contributed by atoms with Crippen molar-refractivity contribution in [3.63, 3.8) is 0 Å². The monoisotopic (exact) mass is 126 g/mol. The van der Waals surface area contributed by atoms with Crippen LogP contribution in [0.15, 0.2) is 23.5 Å². The lowest BCUT2D eigenvalue weighted by Gasteiger charge is -1.97. The van der Waals surface area contributed by atoms with Crippen LogP contribution in [0.2, 0.25) is 0 Å². The van der Waals surface area contributed by atoms with Gasteiger partial charge in [0, 0.05) is 0 Å². The Kier molecular flexibility index (Phi) is 3.85. The molecule has 0 aromatic heterocycles. The first-order valence-corrected chi connectivity index (χ1v) is 3.05. The Morgan fingerprint density at radius 3 is 2.11 bits per heavy atom. The molecule has 0 atom stereocenters. The molecule has 9 heavy (non-hydrogen) atoms. The Morgan fingerprint density at radius 2 is 1.78 bits per heavy atom. The van der Waals surface area contributed by atoms with Crippen molar-refractivity contribution in [2.24, 2.45) is 0 Å². The standard InChI is InChI=1S/C8H14O/c1-5-7(2)8(3)6-9-4/h5-6H,1-4H3/b7-5+,8-6+. The van der Waals surface area contributed by atoms with Crippen molar-refractivity contribution in [1.29, 1.82) is 0 Å². The molecule has 52 valence electrons. The van der Waals surface area contributed by atoms with Crippen molar-refractivity contribution in [3.05, 3.63) is 23.5 Å². The highest BCUT2D eigenvalue weighted by atomic mass is 16.5. The van der Waals surface area contributed by atoms with Crippen LogP contribution in [0.5, 0.6) is 0 Å². The van der Waals surface area contributed by atoms with Gasteiger partial charge in [0.15, 0.2) is 0 Å². The molecule has 0 aromatic rings. The van der Waals surface area contributed by atoms with Crippen molar-refractivity contribution in [3.8, 4) is 0 Å². The molecular formula is C8H14O. The van der Waals surface area contributed by atoms with Crippen LogP contribution in [0.1, 0.15) is 20.8 Å². The SMILES string of the molecule is C/C=C(C)/C(C)=C/OC. The van der Waals surface area contributed by atoms with Crippen LogP contribution in [0, 0.1) is 0 Å². The minimum Gasteiger partial charge on any atom is -0.504 e. The minimum atomic E-state index is 1.18. The van der Waals surface area contributed by atoms with E-state index < -0.39 is 0 Å². The molecule has 0 aliphatic heterocycles. The Balaban J connectivity index is 4.03. The van der Waals surface area contributed by atoms with Crippen LogP contribution in [-0.4, -0.2) is 7.11 Å². The van der Waals surface area contributed by atoms with Gasteiger partial charge < -0.3 is 4.74 Å². The van der Waals surface area contributed by atoms with Gasteiger partial charge in [-0.2, -0.15) is 0 Å². The average Bonchev–Trinajstić information content (AvgIpc) is 1.87. The average molecular weight is 126 g/mol. The summed E-state index contributed by atoms with van der Waals surface area (Å²) in [6.07, 6.45) is 3.81. The van der Waals surface area contributed by atoms with Gasteiger partial charge in [-0.05, 0) is 31.9 Å². The fraction of sp³-hybridized carbons (Fsp3) is 0.500. The molecule has 0 rings (SSSR count). The number of ether oxygens (including phenoxy) is 1. The second-order valence-electron chi connectivity index (χ2n) is 2.01. The zero-order chi connectivity index (χ0) is 7.28. The fourth-order valence-electron chi connectivity index (χ4n) is 0.497. The van der Waals surface area contributed by atoms with Crippen LogP contribution < -0.4 is 0 Å². The molecule has 0 N–H and O–H groups in total. The molecule has 0 unspecified atom stereocenters. The fourth-order valence-corrected chi connectivity index (χ4v) is 0.497. The molecular weight excluding hydrogens is 112 g/mol. The number of allylic oxidation sites excluding steroid dienone is 3. The van der Waals surface area contributed by atoms with Crippen molar-refractivity contribution in [2.75, 3.05) is 7.11 Å². The third-order valence-electron chi connectivity index (χ3n) is 1.35. The van der Waals surface area contributed by atoms with E-state index in [-0.39, 0.29) is 0 Å². The maximum absolute atomic E-state index is 4.82. The van der Waals surface area contributed by atoms with Crippen LogP contribution in [-0.2, 0) is 4.74 Å². The summed E-state index contributed by atoms with van der Waals surface area (Å²) in [4.78, 5) is 0. The van der Waals surface area contributed by atoms with Crippen LogP contribution in [0.4, 0.5) is 0 Å². The normalized spacial score (nSPS) is 13.8. The molecule has 0 saturated carbocycles. The second kappa shape index (κ2) is 4.19. The maximum atomic E-state index is 4.82. The van der Waals surface area contributed by atoms with E-state index in [1.807, 2.05) is 13.8 Å². The molecule has 0 fully saturated rings. The van der Waals surface area contributed by atoms with Gasteiger partial charge in [-0.1, -0.05) is 6.08 Å². The molecule has 0 spiro atoms. The van der Waals surface area contributed by atoms with Crippen molar-refractivity contribution >= 4 is 0 Å². The quantitative estimate of drug-likeness (QED) is 0.408. The Bertz CT molecular complexity index is 132. The highest BCUT2D eigenvalue weighted by Crippen LogP contribution is 2.06. The summed E-state index contributed by atoms with van der Waals surface area (Å²) in [5.74, 6) is 0. The summed E-state index contributed by atoms with van der Waals surface area (Å²) in [7, 11) is 1.66. The molecule has 0 aromatic carbocycles. The first kappa shape index (κ1) is 8.28. The predicted octanol–water partition coefficient (Wildman–Crippen LogP) is 2.50.